The number of primary amides is 1. The Morgan fingerprint density at radius 3 is 2.17 bits per heavy atom. The number of benzene rings is 1. The summed E-state index contributed by atoms with van der Waals surface area (Å²) in [6.45, 7) is 2.41. The second-order valence-corrected chi connectivity index (χ2v) is 12.4. The molecular weight excluding hydrogens is 662 g/mol. The number of carbonyl (C=O) groups is 5. The highest BCUT2D eigenvalue weighted by Gasteiger charge is 2.36. The first-order valence-electron chi connectivity index (χ1n) is 13.2. The fourth-order valence-corrected chi connectivity index (χ4v) is 5.19. The van der Waals surface area contributed by atoms with Crippen LogP contribution in [-0.4, -0.2) is 76.7 Å². The Morgan fingerprint density at radius 2 is 1.61 bits per heavy atom. The van der Waals surface area contributed by atoms with Gasteiger partial charge in [-0.05, 0) is 36.5 Å². The van der Waals surface area contributed by atoms with Crippen LogP contribution in [0.5, 0.6) is 0 Å². The Morgan fingerprint density at radius 1 is 0.957 bits per heavy atom. The van der Waals surface area contributed by atoms with E-state index in [4.69, 9.17) is 26.3 Å². The SMILES string of the molecule is CC(C)[C@@H](NN)C(=O)N[C@H](CCCNC(N)=O)C(=O)Nc1ccc(COC(=O)NCCOP(=O)(O)OP(=O)(O)ONC(=O)O)cc1. The average molecular weight is 701 g/mol. The second kappa shape index (κ2) is 19.6. The lowest BCUT2D eigenvalue weighted by molar-refractivity contribution is -0.128. The van der Waals surface area contributed by atoms with Crippen LogP contribution in [0.3, 0.4) is 0 Å². The molecule has 46 heavy (non-hydrogen) atoms. The van der Waals surface area contributed by atoms with E-state index >= 15 is 0 Å². The molecule has 0 heterocycles. The van der Waals surface area contributed by atoms with Crippen LogP contribution in [0.15, 0.2) is 24.3 Å². The van der Waals surface area contributed by atoms with Gasteiger partial charge in [0.2, 0.25) is 11.8 Å². The third-order valence-corrected chi connectivity index (χ3v) is 7.88. The number of amides is 6. The van der Waals surface area contributed by atoms with Gasteiger partial charge in [-0.3, -0.25) is 20.0 Å². The summed E-state index contributed by atoms with van der Waals surface area (Å²) in [5.74, 6) is 4.26. The van der Waals surface area contributed by atoms with E-state index in [-0.39, 0.29) is 25.5 Å². The minimum atomic E-state index is -5.33. The summed E-state index contributed by atoms with van der Waals surface area (Å²) >= 11 is 0. The topological polar surface area (TPSA) is 341 Å². The maximum absolute atomic E-state index is 13.0. The first-order valence-corrected chi connectivity index (χ1v) is 16.2. The zero-order valence-electron chi connectivity index (χ0n) is 24.7. The molecule has 4 atom stereocenters. The van der Waals surface area contributed by atoms with Crippen molar-refractivity contribution in [3.8, 4) is 0 Å². The Balaban J connectivity index is 2.59. The molecule has 1 aromatic carbocycles. The van der Waals surface area contributed by atoms with Gasteiger partial charge in [0.1, 0.15) is 18.7 Å². The average Bonchev–Trinajstić information content (AvgIpc) is 2.95. The molecular formula is C22H38N8O14P2. The van der Waals surface area contributed by atoms with Crippen molar-refractivity contribution in [1.29, 1.82) is 0 Å². The van der Waals surface area contributed by atoms with E-state index in [9.17, 15) is 38.0 Å². The maximum atomic E-state index is 13.0. The van der Waals surface area contributed by atoms with Crippen molar-refractivity contribution in [3.05, 3.63) is 29.8 Å². The number of hydroxylamine groups is 1. The zero-order valence-corrected chi connectivity index (χ0v) is 26.5. The number of urea groups is 1. The number of hydrogen-bond donors (Lipinski definition) is 11. The summed E-state index contributed by atoms with van der Waals surface area (Å²) in [7, 11) is -10.5. The molecule has 260 valence electrons. The van der Waals surface area contributed by atoms with Crippen LogP contribution >= 0.6 is 15.6 Å². The first kappa shape index (κ1) is 40.2. The zero-order chi connectivity index (χ0) is 34.9. The van der Waals surface area contributed by atoms with E-state index in [1.54, 1.807) is 13.8 Å². The molecule has 24 heteroatoms. The Hall–Kier alpha value is -3.85. The number of nitrogens with one attached hydrogen (secondary N) is 6. The number of hydrogen-bond acceptors (Lipinski definition) is 13. The van der Waals surface area contributed by atoms with Gasteiger partial charge in [-0.25, -0.2) is 28.9 Å². The summed E-state index contributed by atoms with van der Waals surface area (Å²) in [4.78, 5) is 77.3. The van der Waals surface area contributed by atoms with Gasteiger partial charge in [-0.15, -0.1) is 0 Å². The first-order chi connectivity index (χ1) is 21.4. The number of rotatable bonds is 20. The Kier molecular flexibility index (Phi) is 17.1. The molecule has 1 rings (SSSR count). The molecule has 6 amide bonds. The third-order valence-electron chi connectivity index (χ3n) is 5.40. The highest BCUT2D eigenvalue weighted by Crippen LogP contribution is 2.59. The largest absolute Gasteiger partial charge is 0.502 e. The number of ether oxygens (including phenoxy) is 1. The molecule has 0 spiro atoms. The smallest absolute Gasteiger partial charge is 0.464 e. The van der Waals surface area contributed by atoms with Crippen LogP contribution in [0.1, 0.15) is 32.3 Å². The van der Waals surface area contributed by atoms with Crippen LogP contribution in [-0.2, 0) is 43.5 Å². The number of hydrazine groups is 1. The van der Waals surface area contributed by atoms with Gasteiger partial charge in [-0.1, -0.05) is 26.0 Å². The molecule has 0 aliphatic rings. The molecule has 0 fully saturated rings. The van der Waals surface area contributed by atoms with Crippen LogP contribution in [0.2, 0.25) is 0 Å². The number of anilines is 1. The van der Waals surface area contributed by atoms with Crippen molar-refractivity contribution in [1.82, 2.24) is 26.9 Å². The van der Waals surface area contributed by atoms with E-state index in [0.29, 0.717) is 17.7 Å². The predicted molar refractivity (Wildman–Crippen MR) is 157 cm³/mol. The fraction of sp³-hybridized carbons (Fsp3) is 0.500. The van der Waals surface area contributed by atoms with Crippen molar-refractivity contribution in [3.63, 3.8) is 0 Å². The van der Waals surface area contributed by atoms with Gasteiger partial charge in [0.25, 0.3) is 0 Å². The van der Waals surface area contributed by atoms with E-state index < -0.39 is 70.9 Å². The standard InChI is InChI=1S/C22H38N8O14P2/c1-13(2)17(29-24)19(32)28-16(4-3-9-25-20(23)33)18(31)27-15-7-5-14(6-8-15)12-41-22(36)26-10-11-42-45(37,38)44-46(39,40)43-30-21(34)35/h5-8,13,16-17,29-30H,3-4,9-12,24H2,1-2H3,(H,26,36)(H,27,31)(H,28,32)(H,34,35)(H,37,38)(H,39,40)(H3,23,25,33)/t16-,17-/m1/s1. The third kappa shape index (κ3) is 17.0. The van der Waals surface area contributed by atoms with Crippen molar-refractivity contribution >= 4 is 51.4 Å². The number of carbonyl (C=O) groups excluding carboxylic acids is 4. The molecule has 0 radical (unpaired) electrons. The van der Waals surface area contributed by atoms with E-state index in [1.807, 2.05) is 0 Å². The van der Waals surface area contributed by atoms with Crippen molar-refractivity contribution in [2.24, 2.45) is 17.5 Å². The monoisotopic (exact) mass is 700 g/mol. The lowest BCUT2D eigenvalue weighted by Crippen LogP contribution is -2.55. The Bertz CT molecular complexity index is 1290. The quantitative estimate of drug-likeness (QED) is 0.0360. The van der Waals surface area contributed by atoms with Gasteiger partial charge < -0.3 is 46.6 Å². The highest BCUT2D eigenvalue weighted by molar-refractivity contribution is 7.61. The van der Waals surface area contributed by atoms with Crippen LogP contribution in [0.4, 0.5) is 20.1 Å². The summed E-state index contributed by atoms with van der Waals surface area (Å²) in [6.07, 6.45) is -2.35. The molecule has 22 nitrogen and oxygen atoms in total. The van der Waals surface area contributed by atoms with Gasteiger partial charge >= 0.3 is 33.9 Å². The lowest BCUT2D eigenvalue weighted by atomic mass is 10.0. The minimum Gasteiger partial charge on any atom is -0.464 e. The number of phosphoric acid groups is 2. The Labute approximate surface area is 262 Å². The normalized spacial score (nSPS) is 14.9. The number of alkyl carbamates (subject to hydrolysis) is 1. The summed E-state index contributed by atoms with van der Waals surface area (Å²) in [5, 5.41) is 18.2. The molecule has 0 saturated carbocycles. The van der Waals surface area contributed by atoms with E-state index in [2.05, 4.69) is 40.2 Å². The highest BCUT2D eigenvalue weighted by atomic mass is 31.3. The van der Waals surface area contributed by atoms with E-state index in [0.717, 1.165) is 5.48 Å². The van der Waals surface area contributed by atoms with Gasteiger partial charge in [0, 0.05) is 18.8 Å². The molecule has 1 aromatic rings. The molecule has 13 N–H and O–H groups in total. The molecule has 2 unspecified atom stereocenters. The predicted octanol–water partition coefficient (Wildman–Crippen LogP) is -0.294. The summed E-state index contributed by atoms with van der Waals surface area (Å²) in [6, 6.07) is 3.65. The number of carboxylic acid groups (broad SMARTS) is 1. The number of phosphoric ester groups is 1. The number of nitrogens with two attached hydrogens (primary N) is 2. The lowest BCUT2D eigenvalue weighted by Gasteiger charge is -2.24. The molecule has 0 saturated heterocycles. The second-order valence-electron chi connectivity index (χ2n) is 9.42. The summed E-state index contributed by atoms with van der Waals surface area (Å²) in [5.41, 5.74) is 9.35. The van der Waals surface area contributed by atoms with Gasteiger partial charge in [0.15, 0.2) is 0 Å². The van der Waals surface area contributed by atoms with Crippen molar-refractivity contribution < 1.29 is 66.2 Å². The van der Waals surface area contributed by atoms with Gasteiger partial charge in [-0.2, -0.15) is 14.4 Å². The minimum absolute atomic E-state index is 0.170. The molecule has 0 aliphatic carbocycles. The summed E-state index contributed by atoms with van der Waals surface area (Å²) < 4.78 is 40.0. The van der Waals surface area contributed by atoms with Crippen LogP contribution in [0.25, 0.3) is 0 Å². The van der Waals surface area contributed by atoms with Crippen LogP contribution < -0.4 is 43.7 Å². The van der Waals surface area contributed by atoms with Crippen LogP contribution in [0, 0.1) is 5.92 Å². The van der Waals surface area contributed by atoms with Crippen molar-refractivity contribution in [2.45, 2.75) is 45.4 Å². The maximum Gasteiger partial charge on any atom is 0.502 e. The van der Waals surface area contributed by atoms with Crippen molar-refractivity contribution in [2.75, 3.05) is 25.0 Å². The van der Waals surface area contributed by atoms with Gasteiger partial charge in [0.05, 0.1) is 6.61 Å². The van der Waals surface area contributed by atoms with E-state index in [1.165, 1.54) is 24.3 Å². The molecule has 0 aromatic heterocycles. The molecule has 0 bridgehead atoms. The fourth-order valence-electron chi connectivity index (χ4n) is 3.31. The molecule has 0 aliphatic heterocycles.